The molecule has 0 spiro atoms. The molecule has 1 saturated heterocycles. The quantitative estimate of drug-likeness (QED) is 0.238. The SMILES string of the molecule is CN[C@@H](C)C(=O)N[C@H](C(=O)N1CCCC1CN(CCc1ccccc1)C(=O)c1cccc(C(=O)NCCc2ccccc2)c1)C(C)(C)C. The van der Waals surface area contributed by atoms with Gasteiger partial charge in [-0.2, -0.15) is 0 Å². The van der Waals surface area contributed by atoms with E-state index in [1.54, 1.807) is 38.2 Å². The predicted molar refractivity (Wildman–Crippen MR) is 190 cm³/mol. The number of rotatable bonds is 14. The molecular weight excluding hydrogens is 602 g/mol. The van der Waals surface area contributed by atoms with Crippen molar-refractivity contribution in [3.8, 4) is 0 Å². The van der Waals surface area contributed by atoms with Crippen LogP contribution in [-0.4, -0.2) is 84.8 Å². The maximum atomic E-state index is 14.2. The van der Waals surface area contributed by atoms with E-state index in [9.17, 15) is 19.2 Å². The summed E-state index contributed by atoms with van der Waals surface area (Å²) in [4.78, 5) is 57.8. The number of carbonyl (C=O) groups excluding carboxylic acids is 4. The fourth-order valence-corrected chi connectivity index (χ4v) is 6.01. The number of hydrogen-bond acceptors (Lipinski definition) is 5. The van der Waals surface area contributed by atoms with Crippen LogP contribution in [0.4, 0.5) is 0 Å². The molecule has 48 heavy (non-hydrogen) atoms. The molecule has 3 N–H and O–H groups in total. The summed E-state index contributed by atoms with van der Waals surface area (Å²) in [6.45, 7) is 9.46. The van der Waals surface area contributed by atoms with Crippen LogP contribution in [0.25, 0.3) is 0 Å². The number of hydrogen-bond donors (Lipinski definition) is 3. The van der Waals surface area contributed by atoms with E-state index in [0.29, 0.717) is 50.1 Å². The van der Waals surface area contributed by atoms with Crippen molar-refractivity contribution in [3.63, 3.8) is 0 Å². The molecule has 3 aromatic carbocycles. The highest BCUT2D eigenvalue weighted by molar-refractivity contribution is 5.99. The van der Waals surface area contributed by atoms with Crippen LogP contribution in [0.2, 0.25) is 0 Å². The van der Waals surface area contributed by atoms with E-state index in [-0.39, 0.29) is 29.7 Å². The zero-order valence-electron chi connectivity index (χ0n) is 29.0. The normalized spacial score (nSPS) is 15.8. The van der Waals surface area contributed by atoms with Gasteiger partial charge in [-0.05, 0) is 74.4 Å². The summed E-state index contributed by atoms with van der Waals surface area (Å²) >= 11 is 0. The number of likely N-dealkylation sites (N-methyl/N-ethyl adjacent to an activating group) is 1. The Kier molecular flexibility index (Phi) is 12.9. The second kappa shape index (κ2) is 17.1. The Hall–Kier alpha value is -4.50. The Bertz CT molecular complexity index is 1520. The van der Waals surface area contributed by atoms with Gasteiger partial charge in [0.15, 0.2) is 0 Å². The summed E-state index contributed by atoms with van der Waals surface area (Å²) in [5, 5.41) is 8.90. The van der Waals surface area contributed by atoms with Gasteiger partial charge in [-0.25, -0.2) is 0 Å². The van der Waals surface area contributed by atoms with Gasteiger partial charge in [0, 0.05) is 43.3 Å². The predicted octanol–water partition coefficient (Wildman–Crippen LogP) is 4.47. The first-order valence-electron chi connectivity index (χ1n) is 17.0. The number of carbonyl (C=O) groups is 4. The molecule has 0 bridgehead atoms. The minimum absolute atomic E-state index is 0.133. The van der Waals surface area contributed by atoms with Gasteiger partial charge >= 0.3 is 0 Å². The van der Waals surface area contributed by atoms with E-state index in [4.69, 9.17) is 0 Å². The maximum absolute atomic E-state index is 14.2. The number of nitrogens with one attached hydrogen (secondary N) is 3. The Morgan fingerprint density at radius 2 is 1.50 bits per heavy atom. The lowest BCUT2D eigenvalue weighted by Crippen LogP contribution is -2.59. The van der Waals surface area contributed by atoms with Crippen LogP contribution in [0.15, 0.2) is 84.9 Å². The summed E-state index contributed by atoms with van der Waals surface area (Å²) in [5.41, 5.74) is 2.58. The second-order valence-corrected chi connectivity index (χ2v) is 13.7. The van der Waals surface area contributed by atoms with Crippen LogP contribution in [0.1, 0.15) is 72.4 Å². The average Bonchev–Trinajstić information content (AvgIpc) is 3.56. The molecule has 9 heteroatoms. The van der Waals surface area contributed by atoms with Crippen LogP contribution >= 0.6 is 0 Å². The van der Waals surface area contributed by atoms with Crippen molar-refractivity contribution in [1.29, 1.82) is 0 Å². The van der Waals surface area contributed by atoms with Crippen LogP contribution in [0.5, 0.6) is 0 Å². The number of likely N-dealkylation sites (tertiary alicyclic amines) is 1. The molecule has 3 atom stereocenters. The minimum atomic E-state index is -0.716. The first-order chi connectivity index (χ1) is 23.0. The van der Waals surface area contributed by atoms with E-state index in [1.807, 2.05) is 91.2 Å². The molecular formula is C39H51N5O4. The van der Waals surface area contributed by atoms with E-state index in [2.05, 4.69) is 16.0 Å². The van der Waals surface area contributed by atoms with Gasteiger partial charge in [0.25, 0.3) is 11.8 Å². The van der Waals surface area contributed by atoms with Gasteiger partial charge in [0.2, 0.25) is 11.8 Å². The number of amides is 4. The smallest absolute Gasteiger partial charge is 0.253 e. The van der Waals surface area contributed by atoms with Gasteiger partial charge in [0.1, 0.15) is 6.04 Å². The van der Waals surface area contributed by atoms with E-state index in [0.717, 1.165) is 24.0 Å². The molecule has 256 valence electrons. The Balaban J connectivity index is 1.51. The van der Waals surface area contributed by atoms with Gasteiger partial charge in [-0.1, -0.05) is 87.5 Å². The Labute approximate surface area is 285 Å². The van der Waals surface area contributed by atoms with Crippen LogP contribution in [0, 0.1) is 5.41 Å². The second-order valence-electron chi connectivity index (χ2n) is 13.7. The minimum Gasteiger partial charge on any atom is -0.352 e. The largest absolute Gasteiger partial charge is 0.352 e. The topological polar surface area (TPSA) is 111 Å². The fourth-order valence-electron chi connectivity index (χ4n) is 6.01. The molecule has 4 rings (SSSR count). The number of nitrogens with zero attached hydrogens (tertiary/aromatic N) is 2. The summed E-state index contributed by atoms with van der Waals surface area (Å²) in [7, 11) is 1.71. The van der Waals surface area contributed by atoms with Gasteiger partial charge < -0.3 is 25.8 Å². The maximum Gasteiger partial charge on any atom is 0.253 e. The lowest BCUT2D eigenvalue weighted by Gasteiger charge is -2.37. The highest BCUT2D eigenvalue weighted by atomic mass is 16.2. The van der Waals surface area contributed by atoms with Crippen molar-refractivity contribution in [2.24, 2.45) is 5.41 Å². The molecule has 3 aromatic rings. The zero-order chi connectivity index (χ0) is 34.7. The third kappa shape index (κ3) is 10.0. The molecule has 1 aliphatic heterocycles. The van der Waals surface area contributed by atoms with Crippen LogP contribution in [-0.2, 0) is 22.4 Å². The molecule has 0 saturated carbocycles. The molecule has 1 heterocycles. The first kappa shape index (κ1) is 36.3. The van der Waals surface area contributed by atoms with E-state index < -0.39 is 17.5 Å². The summed E-state index contributed by atoms with van der Waals surface area (Å²) in [5.74, 6) is -0.781. The standard InChI is InChI=1S/C39H51N5O4/c1-28(40-5)35(45)42-34(39(2,3)4)38(48)44-24-13-20-33(44)27-43(25-22-30-16-10-7-11-17-30)37(47)32-19-12-18-31(26-32)36(46)41-23-21-29-14-8-6-9-15-29/h6-12,14-19,26,28,33-34,40H,13,20-25,27H2,1-5H3,(H,41,46)(H,42,45)/t28-,33?,34+/m0/s1. The van der Waals surface area contributed by atoms with Gasteiger partial charge in [-0.15, -0.1) is 0 Å². The molecule has 0 aliphatic carbocycles. The average molecular weight is 654 g/mol. The molecule has 4 amide bonds. The molecule has 1 fully saturated rings. The molecule has 1 unspecified atom stereocenters. The van der Waals surface area contributed by atoms with E-state index in [1.165, 1.54) is 0 Å². The van der Waals surface area contributed by atoms with Gasteiger partial charge in [0.05, 0.1) is 6.04 Å². The lowest BCUT2D eigenvalue weighted by atomic mass is 9.85. The monoisotopic (exact) mass is 653 g/mol. The zero-order valence-corrected chi connectivity index (χ0v) is 29.0. The van der Waals surface area contributed by atoms with Crippen molar-refractivity contribution in [1.82, 2.24) is 25.8 Å². The summed E-state index contributed by atoms with van der Waals surface area (Å²) in [6.07, 6.45) is 2.93. The number of benzene rings is 3. The first-order valence-corrected chi connectivity index (χ1v) is 17.0. The molecule has 1 aliphatic rings. The third-order valence-electron chi connectivity index (χ3n) is 9.03. The third-order valence-corrected chi connectivity index (χ3v) is 9.03. The highest BCUT2D eigenvalue weighted by Gasteiger charge is 2.40. The summed E-state index contributed by atoms with van der Waals surface area (Å²) < 4.78 is 0. The van der Waals surface area contributed by atoms with Crippen molar-refractivity contribution in [2.45, 2.75) is 71.5 Å². The Morgan fingerprint density at radius 1 is 0.875 bits per heavy atom. The highest BCUT2D eigenvalue weighted by Crippen LogP contribution is 2.27. The van der Waals surface area contributed by atoms with Crippen LogP contribution < -0.4 is 16.0 Å². The Morgan fingerprint density at radius 3 is 2.12 bits per heavy atom. The molecule has 9 nitrogen and oxygen atoms in total. The fraction of sp³-hybridized carbons (Fsp3) is 0.436. The van der Waals surface area contributed by atoms with Crippen molar-refractivity contribution in [3.05, 3.63) is 107 Å². The molecule has 0 radical (unpaired) electrons. The molecule has 0 aromatic heterocycles. The van der Waals surface area contributed by atoms with Crippen LogP contribution in [0.3, 0.4) is 0 Å². The van der Waals surface area contributed by atoms with Gasteiger partial charge in [-0.3, -0.25) is 19.2 Å². The van der Waals surface area contributed by atoms with E-state index >= 15 is 0 Å². The van der Waals surface area contributed by atoms with Crippen molar-refractivity contribution >= 4 is 23.6 Å². The van der Waals surface area contributed by atoms with Crippen molar-refractivity contribution < 1.29 is 19.2 Å². The lowest BCUT2D eigenvalue weighted by molar-refractivity contribution is -0.140. The summed E-state index contributed by atoms with van der Waals surface area (Å²) in [6, 6.07) is 25.5. The van der Waals surface area contributed by atoms with Crippen molar-refractivity contribution in [2.75, 3.05) is 33.2 Å².